The molecule has 4 heteroatoms. The molecule has 1 saturated carbocycles. The zero-order chi connectivity index (χ0) is 13.4. The van der Waals surface area contributed by atoms with Gasteiger partial charge in [-0.15, -0.1) is 9.36 Å². The number of aryl methyl sites for hydroxylation is 1. The molecule has 0 aromatic carbocycles. The topological polar surface area (TPSA) is 47.7 Å². The van der Waals surface area contributed by atoms with Crippen molar-refractivity contribution in [3.05, 3.63) is 11.6 Å². The van der Waals surface area contributed by atoms with Crippen LogP contribution in [0.25, 0.3) is 0 Å². The Labute approximate surface area is 110 Å². The van der Waals surface area contributed by atoms with Crippen molar-refractivity contribution in [2.75, 3.05) is 5.84 Å². The highest BCUT2D eigenvalue weighted by atomic mass is 15.5. The Morgan fingerprint density at radius 1 is 1.33 bits per heavy atom. The van der Waals surface area contributed by atoms with Crippen molar-refractivity contribution in [3.8, 4) is 0 Å². The first-order valence-corrected chi connectivity index (χ1v) is 7.14. The van der Waals surface area contributed by atoms with Gasteiger partial charge in [-0.1, -0.05) is 27.2 Å². The summed E-state index contributed by atoms with van der Waals surface area (Å²) >= 11 is 0. The van der Waals surface area contributed by atoms with Gasteiger partial charge in [0.25, 0.3) is 11.6 Å². The van der Waals surface area contributed by atoms with Gasteiger partial charge in [0.1, 0.15) is 6.04 Å². The smallest absolute Gasteiger partial charge is 0.289 e. The van der Waals surface area contributed by atoms with Crippen molar-refractivity contribution < 1.29 is 4.68 Å². The Hall–Kier alpha value is -1.06. The van der Waals surface area contributed by atoms with Crippen LogP contribution in [-0.4, -0.2) is 9.78 Å². The van der Waals surface area contributed by atoms with Crippen LogP contribution >= 0.6 is 0 Å². The van der Waals surface area contributed by atoms with Gasteiger partial charge in [0.2, 0.25) is 0 Å². The van der Waals surface area contributed by atoms with E-state index in [0.717, 1.165) is 23.5 Å². The van der Waals surface area contributed by atoms with E-state index < -0.39 is 0 Å². The molecule has 4 nitrogen and oxygen atoms in total. The molecule has 0 aliphatic heterocycles. The molecule has 0 spiro atoms. The molecule has 0 radical (unpaired) electrons. The second-order valence-electron chi connectivity index (χ2n) is 6.30. The van der Waals surface area contributed by atoms with Crippen LogP contribution in [0.5, 0.6) is 0 Å². The number of aromatic nitrogens is 3. The summed E-state index contributed by atoms with van der Waals surface area (Å²) in [6.07, 6.45) is 3.89. The third-order valence-corrected chi connectivity index (χ3v) is 4.58. The van der Waals surface area contributed by atoms with Crippen LogP contribution in [0.1, 0.15) is 57.7 Å². The van der Waals surface area contributed by atoms with E-state index in [1.807, 2.05) is 6.92 Å². The number of hydrogen-bond acceptors (Lipinski definition) is 2. The van der Waals surface area contributed by atoms with Crippen LogP contribution in [-0.2, 0) is 0 Å². The first-order valence-electron chi connectivity index (χ1n) is 7.14. The number of nitrogens with two attached hydrogens (primary N) is 1. The van der Waals surface area contributed by atoms with E-state index in [1.54, 1.807) is 4.68 Å². The number of nitrogens with zero attached hydrogens (tertiary/aromatic N) is 3. The maximum absolute atomic E-state index is 6.00. The molecule has 0 amide bonds. The van der Waals surface area contributed by atoms with Gasteiger partial charge in [0, 0.05) is 18.9 Å². The fourth-order valence-electron chi connectivity index (χ4n) is 3.37. The molecule has 1 aromatic rings. The Morgan fingerprint density at radius 2 is 2.00 bits per heavy atom. The first-order chi connectivity index (χ1) is 8.41. The highest BCUT2D eigenvalue weighted by molar-refractivity contribution is 4.89. The van der Waals surface area contributed by atoms with Crippen LogP contribution in [0, 0.1) is 31.6 Å². The summed E-state index contributed by atoms with van der Waals surface area (Å²) in [5.41, 5.74) is 0. The SMILES string of the molecule is Cc1nn(C2CC(C)CCC2C(C)C)c(C)[n+]1N. The molecule has 1 heterocycles. The highest BCUT2D eigenvalue weighted by Crippen LogP contribution is 2.40. The summed E-state index contributed by atoms with van der Waals surface area (Å²) in [5.74, 6) is 10.2. The van der Waals surface area contributed by atoms with E-state index in [1.165, 1.54) is 19.3 Å². The highest BCUT2D eigenvalue weighted by Gasteiger charge is 2.38. The van der Waals surface area contributed by atoms with E-state index in [-0.39, 0.29) is 0 Å². The van der Waals surface area contributed by atoms with Crippen molar-refractivity contribution >= 4 is 0 Å². The lowest BCUT2D eigenvalue weighted by Crippen LogP contribution is -2.49. The molecule has 1 fully saturated rings. The van der Waals surface area contributed by atoms with Crippen LogP contribution in [0.3, 0.4) is 0 Å². The van der Waals surface area contributed by atoms with Gasteiger partial charge in [-0.05, 0) is 30.6 Å². The van der Waals surface area contributed by atoms with Crippen molar-refractivity contribution in [2.24, 2.45) is 17.8 Å². The average molecular weight is 251 g/mol. The van der Waals surface area contributed by atoms with Gasteiger partial charge in [-0.25, -0.2) is 0 Å². The predicted molar refractivity (Wildman–Crippen MR) is 72.4 cm³/mol. The Balaban J connectivity index is 2.35. The Morgan fingerprint density at radius 3 is 2.50 bits per heavy atom. The van der Waals surface area contributed by atoms with Gasteiger partial charge >= 0.3 is 0 Å². The molecule has 3 atom stereocenters. The summed E-state index contributed by atoms with van der Waals surface area (Å²) in [6, 6.07) is 0.511. The van der Waals surface area contributed by atoms with Gasteiger partial charge in [-0.2, -0.15) is 0 Å². The minimum absolute atomic E-state index is 0.511. The second-order valence-corrected chi connectivity index (χ2v) is 6.30. The maximum Gasteiger partial charge on any atom is 0.295 e. The second kappa shape index (κ2) is 4.90. The quantitative estimate of drug-likeness (QED) is 0.646. The minimum atomic E-state index is 0.511. The molecule has 0 saturated heterocycles. The molecule has 1 aliphatic rings. The van der Waals surface area contributed by atoms with E-state index in [9.17, 15) is 0 Å². The predicted octanol–water partition coefficient (Wildman–Crippen LogP) is 2.13. The average Bonchev–Trinajstić information content (AvgIpc) is 2.56. The minimum Gasteiger partial charge on any atom is -0.289 e. The normalized spacial score (nSPS) is 28.9. The van der Waals surface area contributed by atoms with Gasteiger partial charge in [0.15, 0.2) is 0 Å². The van der Waals surface area contributed by atoms with E-state index in [0.29, 0.717) is 12.0 Å². The molecule has 2 rings (SSSR count). The lowest BCUT2D eigenvalue weighted by atomic mass is 9.74. The summed E-state index contributed by atoms with van der Waals surface area (Å²) in [6.45, 7) is 11.0. The largest absolute Gasteiger partial charge is 0.295 e. The fraction of sp³-hybridized carbons (Fsp3) is 0.857. The molecular formula is C14H27N4+. The van der Waals surface area contributed by atoms with Gasteiger partial charge in [-0.3, -0.25) is 5.84 Å². The van der Waals surface area contributed by atoms with Crippen LogP contribution in [0.2, 0.25) is 0 Å². The Kier molecular flexibility index (Phi) is 3.64. The van der Waals surface area contributed by atoms with Crippen molar-refractivity contribution in [3.63, 3.8) is 0 Å². The molecule has 1 aromatic heterocycles. The third-order valence-electron chi connectivity index (χ3n) is 4.58. The van der Waals surface area contributed by atoms with Crippen molar-refractivity contribution in [1.29, 1.82) is 0 Å². The van der Waals surface area contributed by atoms with E-state index >= 15 is 0 Å². The molecular weight excluding hydrogens is 224 g/mol. The molecule has 102 valence electrons. The van der Waals surface area contributed by atoms with Crippen LogP contribution in [0.4, 0.5) is 0 Å². The molecule has 0 bridgehead atoms. The summed E-state index contributed by atoms with van der Waals surface area (Å²) in [7, 11) is 0. The zero-order valence-electron chi connectivity index (χ0n) is 12.3. The third kappa shape index (κ3) is 2.25. The number of rotatable bonds is 2. The van der Waals surface area contributed by atoms with Crippen LogP contribution in [0.15, 0.2) is 0 Å². The summed E-state index contributed by atoms with van der Waals surface area (Å²) in [4.78, 5) is 0. The molecule has 2 N–H and O–H groups in total. The molecule has 18 heavy (non-hydrogen) atoms. The lowest BCUT2D eigenvalue weighted by Gasteiger charge is -2.34. The van der Waals surface area contributed by atoms with E-state index in [4.69, 9.17) is 5.84 Å². The number of nitrogen functional groups attached to an aromatic ring is 1. The van der Waals surface area contributed by atoms with Crippen molar-refractivity contribution in [2.45, 2.75) is 59.9 Å². The van der Waals surface area contributed by atoms with E-state index in [2.05, 4.69) is 37.5 Å². The van der Waals surface area contributed by atoms with Crippen LogP contribution < -0.4 is 10.5 Å². The Bertz CT molecular complexity index is 422. The molecule has 1 aliphatic carbocycles. The summed E-state index contributed by atoms with van der Waals surface area (Å²) < 4.78 is 3.88. The maximum atomic E-state index is 6.00. The number of hydrogen-bond donors (Lipinski definition) is 1. The van der Waals surface area contributed by atoms with Crippen molar-refractivity contribution in [1.82, 2.24) is 9.78 Å². The summed E-state index contributed by atoms with van der Waals surface area (Å²) in [5, 5.41) is 4.66. The molecule has 3 unspecified atom stereocenters. The first kappa shape index (κ1) is 13.4. The van der Waals surface area contributed by atoms with Gasteiger partial charge < -0.3 is 0 Å². The zero-order valence-corrected chi connectivity index (χ0v) is 12.3. The van der Waals surface area contributed by atoms with Gasteiger partial charge in [0.05, 0.1) is 0 Å². The standard InChI is InChI=1S/C14H27N4/c1-9(2)13-7-6-10(3)8-14(13)18-12(5)17(15)11(4)16-18/h9-10,13-14H,6-8,15H2,1-5H3/q+1. The fourth-order valence-corrected chi connectivity index (χ4v) is 3.37. The lowest BCUT2D eigenvalue weighted by molar-refractivity contribution is -0.652. The monoisotopic (exact) mass is 251 g/mol.